The quantitative estimate of drug-likeness (QED) is 0.902. The van der Waals surface area contributed by atoms with Crippen LogP contribution in [-0.2, 0) is 6.54 Å². The summed E-state index contributed by atoms with van der Waals surface area (Å²) in [6.07, 6.45) is 1.83. The van der Waals surface area contributed by atoms with Gasteiger partial charge in [-0.25, -0.2) is 0 Å². The molecule has 0 amide bonds. The van der Waals surface area contributed by atoms with E-state index in [2.05, 4.69) is 46.7 Å². The smallest absolute Gasteiger partial charge is 0.0544 e. The van der Waals surface area contributed by atoms with Crippen LogP contribution in [0.15, 0.2) is 22.8 Å². The highest BCUT2D eigenvalue weighted by Gasteiger charge is 2.18. The van der Waals surface area contributed by atoms with E-state index in [1.807, 2.05) is 18.3 Å². The molecular weight excluding hydrogens is 266 g/mol. The first kappa shape index (κ1) is 13.6. The maximum Gasteiger partial charge on any atom is 0.0544 e. The fraction of sp³-hybridized carbons (Fsp3) is 0.583. The number of pyridine rings is 1. The molecule has 16 heavy (non-hydrogen) atoms. The van der Waals surface area contributed by atoms with Gasteiger partial charge in [0.25, 0.3) is 0 Å². The summed E-state index contributed by atoms with van der Waals surface area (Å²) in [7, 11) is 2.10. The number of halogens is 1. The van der Waals surface area contributed by atoms with Gasteiger partial charge < -0.3 is 5.73 Å². The number of aromatic nitrogens is 1. The summed E-state index contributed by atoms with van der Waals surface area (Å²) >= 11 is 3.38. The topological polar surface area (TPSA) is 42.2 Å². The monoisotopic (exact) mass is 285 g/mol. The highest BCUT2D eigenvalue weighted by Crippen LogP contribution is 2.15. The molecule has 0 aliphatic carbocycles. The van der Waals surface area contributed by atoms with Crippen molar-refractivity contribution in [2.24, 2.45) is 11.1 Å². The van der Waals surface area contributed by atoms with Crippen LogP contribution in [0.3, 0.4) is 0 Å². The normalized spacial score (nSPS) is 12.1. The SMILES string of the molecule is CN(Cc1ccc(Br)cn1)CC(C)(C)CN. The van der Waals surface area contributed by atoms with Crippen molar-refractivity contribution < 1.29 is 0 Å². The van der Waals surface area contributed by atoms with Crippen LogP contribution in [0.25, 0.3) is 0 Å². The molecule has 2 N–H and O–H groups in total. The predicted molar refractivity (Wildman–Crippen MR) is 71.1 cm³/mol. The number of nitrogens with zero attached hydrogens (tertiary/aromatic N) is 2. The number of rotatable bonds is 5. The van der Waals surface area contributed by atoms with Crippen molar-refractivity contribution in [2.75, 3.05) is 20.1 Å². The Kier molecular flexibility index (Phi) is 4.89. The number of hydrogen-bond donors (Lipinski definition) is 1. The summed E-state index contributed by atoms with van der Waals surface area (Å²) in [5, 5.41) is 0. The van der Waals surface area contributed by atoms with Gasteiger partial charge >= 0.3 is 0 Å². The van der Waals surface area contributed by atoms with Crippen LogP contribution in [0.4, 0.5) is 0 Å². The molecule has 0 saturated heterocycles. The largest absolute Gasteiger partial charge is 0.330 e. The van der Waals surface area contributed by atoms with E-state index in [4.69, 9.17) is 5.73 Å². The van der Waals surface area contributed by atoms with Crippen molar-refractivity contribution in [3.8, 4) is 0 Å². The highest BCUT2D eigenvalue weighted by molar-refractivity contribution is 9.10. The Morgan fingerprint density at radius 2 is 2.12 bits per heavy atom. The van der Waals surface area contributed by atoms with Gasteiger partial charge in [-0.2, -0.15) is 0 Å². The fourth-order valence-electron chi connectivity index (χ4n) is 1.63. The molecule has 1 aromatic rings. The van der Waals surface area contributed by atoms with E-state index in [9.17, 15) is 0 Å². The third-order valence-corrected chi connectivity index (χ3v) is 2.94. The molecule has 1 rings (SSSR count). The van der Waals surface area contributed by atoms with Crippen molar-refractivity contribution >= 4 is 15.9 Å². The Morgan fingerprint density at radius 3 is 2.62 bits per heavy atom. The molecule has 0 aliphatic rings. The molecular formula is C12H20BrN3. The van der Waals surface area contributed by atoms with Crippen LogP contribution in [-0.4, -0.2) is 30.0 Å². The molecule has 0 radical (unpaired) electrons. The summed E-state index contributed by atoms with van der Waals surface area (Å²) in [5.41, 5.74) is 6.96. The lowest BCUT2D eigenvalue weighted by atomic mass is 9.93. The van der Waals surface area contributed by atoms with Crippen LogP contribution in [0.5, 0.6) is 0 Å². The van der Waals surface area contributed by atoms with Crippen molar-refractivity contribution in [3.05, 3.63) is 28.5 Å². The minimum Gasteiger partial charge on any atom is -0.330 e. The van der Waals surface area contributed by atoms with E-state index in [0.717, 1.165) is 23.3 Å². The predicted octanol–water partition coefficient (Wildman–Crippen LogP) is 2.26. The summed E-state index contributed by atoms with van der Waals surface area (Å²) in [6.45, 7) is 6.89. The third kappa shape index (κ3) is 4.60. The Morgan fingerprint density at radius 1 is 1.44 bits per heavy atom. The molecule has 90 valence electrons. The van der Waals surface area contributed by atoms with Crippen molar-refractivity contribution in [2.45, 2.75) is 20.4 Å². The van der Waals surface area contributed by atoms with Gasteiger partial charge in [0.1, 0.15) is 0 Å². The zero-order valence-electron chi connectivity index (χ0n) is 10.2. The maximum absolute atomic E-state index is 5.72. The van der Waals surface area contributed by atoms with E-state index < -0.39 is 0 Å². The van der Waals surface area contributed by atoms with Gasteiger partial charge in [-0.15, -0.1) is 0 Å². The van der Waals surface area contributed by atoms with Gasteiger partial charge in [-0.05, 0) is 47.1 Å². The standard InChI is InChI=1S/C12H20BrN3/c1-12(2,8-14)9-16(3)7-11-5-4-10(13)6-15-11/h4-6H,7-9,14H2,1-3H3. The first-order valence-electron chi connectivity index (χ1n) is 5.42. The molecule has 0 saturated carbocycles. The molecule has 1 aromatic heterocycles. The van der Waals surface area contributed by atoms with Gasteiger partial charge in [-0.3, -0.25) is 9.88 Å². The molecule has 0 unspecified atom stereocenters. The molecule has 0 fully saturated rings. The van der Waals surface area contributed by atoms with Gasteiger partial charge in [0.15, 0.2) is 0 Å². The zero-order valence-corrected chi connectivity index (χ0v) is 11.8. The van der Waals surface area contributed by atoms with Gasteiger partial charge in [-0.1, -0.05) is 13.8 Å². The molecule has 3 nitrogen and oxygen atoms in total. The van der Waals surface area contributed by atoms with Crippen LogP contribution in [0.1, 0.15) is 19.5 Å². The summed E-state index contributed by atoms with van der Waals surface area (Å²) in [6, 6.07) is 4.06. The number of nitrogens with two attached hydrogens (primary N) is 1. The lowest BCUT2D eigenvalue weighted by molar-refractivity contribution is 0.208. The molecule has 0 bridgehead atoms. The Bertz CT molecular complexity index is 322. The van der Waals surface area contributed by atoms with E-state index in [0.29, 0.717) is 6.54 Å². The lowest BCUT2D eigenvalue weighted by Crippen LogP contribution is -2.36. The maximum atomic E-state index is 5.72. The minimum absolute atomic E-state index is 0.157. The summed E-state index contributed by atoms with van der Waals surface area (Å²) < 4.78 is 1.01. The summed E-state index contributed by atoms with van der Waals surface area (Å²) in [4.78, 5) is 6.61. The molecule has 1 heterocycles. The van der Waals surface area contributed by atoms with Crippen molar-refractivity contribution in [1.82, 2.24) is 9.88 Å². The van der Waals surface area contributed by atoms with E-state index in [-0.39, 0.29) is 5.41 Å². The molecule has 0 aromatic carbocycles. The van der Waals surface area contributed by atoms with Gasteiger partial charge in [0.2, 0.25) is 0 Å². The van der Waals surface area contributed by atoms with Crippen LogP contribution >= 0.6 is 15.9 Å². The Labute approximate surface area is 106 Å². The Balaban J connectivity index is 2.51. The van der Waals surface area contributed by atoms with E-state index in [1.165, 1.54) is 0 Å². The minimum atomic E-state index is 0.157. The number of hydrogen-bond acceptors (Lipinski definition) is 3. The van der Waals surface area contributed by atoms with Crippen molar-refractivity contribution in [3.63, 3.8) is 0 Å². The van der Waals surface area contributed by atoms with Gasteiger partial charge in [0.05, 0.1) is 5.69 Å². The lowest BCUT2D eigenvalue weighted by Gasteiger charge is -2.28. The van der Waals surface area contributed by atoms with Crippen LogP contribution < -0.4 is 5.73 Å². The zero-order chi connectivity index (χ0) is 12.2. The average molecular weight is 286 g/mol. The fourth-order valence-corrected chi connectivity index (χ4v) is 1.86. The van der Waals surface area contributed by atoms with Gasteiger partial charge in [0, 0.05) is 23.8 Å². The van der Waals surface area contributed by atoms with E-state index in [1.54, 1.807) is 0 Å². The third-order valence-electron chi connectivity index (χ3n) is 2.47. The summed E-state index contributed by atoms with van der Waals surface area (Å²) in [5.74, 6) is 0. The second-order valence-electron chi connectivity index (χ2n) is 5.01. The average Bonchev–Trinajstić information content (AvgIpc) is 2.21. The molecule has 0 spiro atoms. The first-order valence-corrected chi connectivity index (χ1v) is 6.21. The molecule has 0 atom stereocenters. The second kappa shape index (κ2) is 5.75. The molecule has 0 aliphatic heterocycles. The Hall–Kier alpha value is -0.450. The highest BCUT2D eigenvalue weighted by atomic mass is 79.9. The van der Waals surface area contributed by atoms with Crippen LogP contribution in [0.2, 0.25) is 0 Å². The van der Waals surface area contributed by atoms with E-state index >= 15 is 0 Å². The molecule has 4 heteroatoms. The van der Waals surface area contributed by atoms with Crippen LogP contribution in [0, 0.1) is 5.41 Å². The first-order chi connectivity index (χ1) is 7.43. The van der Waals surface area contributed by atoms with Crippen molar-refractivity contribution in [1.29, 1.82) is 0 Å². The second-order valence-corrected chi connectivity index (χ2v) is 5.92.